The third-order valence-electron chi connectivity index (χ3n) is 5.10. The molecule has 1 saturated carbocycles. The van der Waals surface area contributed by atoms with Crippen LogP contribution in [0.1, 0.15) is 57.7 Å². The Hall–Kier alpha value is -1.59. The summed E-state index contributed by atoms with van der Waals surface area (Å²) >= 11 is 0. The molecule has 2 amide bonds. The van der Waals surface area contributed by atoms with E-state index in [1.165, 1.54) is 12.8 Å². The van der Waals surface area contributed by atoms with Gasteiger partial charge in [0.25, 0.3) is 0 Å². The number of aromatic nitrogens is 3. The van der Waals surface area contributed by atoms with Crippen molar-refractivity contribution in [1.29, 1.82) is 0 Å². The average Bonchev–Trinajstić information content (AvgIpc) is 3.10. The van der Waals surface area contributed by atoms with Crippen molar-refractivity contribution < 1.29 is 4.79 Å². The van der Waals surface area contributed by atoms with E-state index in [4.69, 9.17) is 0 Å². The zero-order chi connectivity index (χ0) is 15.9. The van der Waals surface area contributed by atoms with Crippen molar-refractivity contribution in [3.8, 4) is 0 Å². The van der Waals surface area contributed by atoms with Gasteiger partial charge in [-0.25, -0.2) is 4.79 Å². The lowest BCUT2D eigenvalue weighted by Gasteiger charge is -2.29. The summed E-state index contributed by atoms with van der Waals surface area (Å²) in [5.41, 5.74) is 0. The number of rotatable bonds is 5. The van der Waals surface area contributed by atoms with Crippen molar-refractivity contribution in [2.75, 3.05) is 7.05 Å². The summed E-state index contributed by atoms with van der Waals surface area (Å²) in [5.74, 6) is 2.91. The van der Waals surface area contributed by atoms with E-state index in [2.05, 4.69) is 40.9 Å². The molecule has 1 fully saturated rings. The van der Waals surface area contributed by atoms with Gasteiger partial charge in [-0.3, -0.25) is 0 Å². The Morgan fingerprint density at radius 3 is 2.68 bits per heavy atom. The van der Waals surface area contributed by atoms with Crippen LogP contribution in [0.2, 0.25) is 0 Å². The molecule has 1 aliphatic heterocycles. The van der Waals surface area contributed by atoms with Crippen LogP contribution in [0.4, 0.5) is 4.79 Å². The molecule has 122 valence electrons. The Morgan fingerprint density at radius 1 is 1.32 bits per heavy atom. The number of carbonyl (C=O) groups is 1. The average molecular weight is 305 g/mol. The van der Waals surface area contributed by atoms with Gasteiger partial charge in [-0.05, 0) is 38.0 Å². The highest BCUT2D eigenvalue weighted by Gasteiger charge is 2.34. The van der Waals surface area contributed by atoms with E-state index in [0.29, 0.717) is 12.0 Å². The van der Waals surface area contributed by atoms with Crippen LogP contribution in [0.5, 0.6) is 0 Å². The van der Waals surface area contributed by atoms with Gasteiger partial charge >= 0.3 is 6.03 Å². The van der Waals surface area contributed by atoms with Crippen molar-refractivity contribution in [2.45, 2.75) is 65.1 Å². The van der Waals surface area contributed by atoms with E-state index in [9.17, 15) is 4.79 Å². The molecule has 1 aromatic heterocycles. The summed E-state index contributed by atoms with van der Waals surface area (Å²) in [6.07, 6.45) is 4.59. The molecule has 1 N–H and O–H groups in total. The quantitative estimate of drug-likeness (QED) is 0.908. The van der Waals surface area contributed by atoms with Crippen LogP contribution < -0.4 is 5.32 Å². The molecule has 6 heteroatoms. The van der Waals surface area contributed by atoms with Crippen molar-refractivity contribution in [3.63, 3.8) is 0 Å². The molecule has 0 bridgehead atoms. The molecule has 0 unspecified atom stereocenters. The minimum atomic E-state index is -0.0827. The van der Waals surface area contributed by atoms with Gasteiger partial charge in [0.05, 0.1) is 6.04 Å². The highest BCUT2D eigenvalue weighted by molar-refractivity contribution is 5.74. The van der Waals surface area contributed by atoms with E-state index in [1.54, 1.807) is 0 Å². The lowest BCUT2D eigenvalue weighted by molar-refractivity contribution is 0.179. The molecule has 3 rings (SSSR count). The number of carbonyl (C=O) groups excluding carboxylic acids is 1. The predicted molar refractivity (Wildman–Crippen MR) is 84.4 cm³/mol. The minimum Gasteiger partial charge on any atom is -0.328 e. The van der Waals surface area contributed by atoms with E-state index in [1.807, 2.05) is 11.9 Å². The van der Waals surface area contributed by atoms with Crippen LogP contribution in [0.15, 0.2) is 0 Å². The molecule has 2 aliphatic rings. The second-order valence-corrected chi connectivity index (χ2v) is 7.09. The molecule has 6 nitrogen and oxygen atoms in total. The van der Waals surface area contributed by atoms with Gasteiger partial charge in [0.1, 0.15) is 5.82 Å². The van der Waals surface area contributed by atoms with Crippen molar-refractivity contribution in [2.24, 2.45) is 11.8 Å². The number of hydrogen-bond donors (Lipinski definition) is 1. The first-order chi connectivity index (χ1) is 10.5. The fourth-order valence-electron chi connectivity index (χ4n) is 3.25. The second-order valence-electron chi connectivity index (χ2n) is 7.09. The van der Waals surface area contributed by atoms with Crippen LogP contribution in [0.3, 0.4) is 0 Å². The summed E-state index contributed by atoms with van der Waals surface area (Å²) in [4.78, 5) is 14.4. The molecule has 0 spiro atoms. The van der Waals surface area contributed by atoms with E-state index in [0.717, 1.165) is 31.0 Å². The number of fused-ring (bicyclic) bond motifs is 1. The minimum absolute atomic E-state index is 0.00607. The first kappa shape index (κ1) is 15.3. The summed E-state index contributed by atoms with van der Waals surface area (Å²) in [6, 6.07) is 0.214. The summed E-state index contributed by atoms with van der Waals surface area (Å²) in [6.45, 7) is 7.33. The number of nitrogens with zero attached hydrogens (tertiary/aromatic N) is 4. The van der Waals surface area contributed by atoms with Crippen LogP contribution in [-0.2, 0) is 13.0 Å². The molecule has 0 saturated heterocycles. The highest BCUT2D eigenvalue weighted by atomic mass is 16.2. The number of amides is 2. The van der Waals surface area contributed by atoms with Crippen LogP contribution in [-0.4, -0.2) is 38.8 Å². The molecule has 1 aromatic rings. The molecule has 0 aromatic carbocycles. The topological polar surface area (TPSA) is 63.1 Å². The fourth-order valence-corrected chi connectivity index (χ4v) is 3.25. The zero-order valence-electron chi connectivity index (χ0n) is 14.0. The van der Waals surface area contributed by atoms with Gasteiger partial charge in [-0.15, -0.1) is 10.2 Å². The van der Waals surface area contributed by atoms with Crippen LogP contribution >= 0.6 is 0 Å². The number of nitrogens with one attached hydrogen (secondary N) is 1. The predicted octanol–water partition coefficient (Wildman–Crippen LogP) is 2.36. The fraction of sp³-hybridized carbons (Fsp3) is 0.812. The van der Waals surface area contributed by atoms with E-state index < -0.39 is 0 Å². The Balaban J connectivity index is 1.72. The molecule has 2 atom stereocenters. The summed E-state index contributed by atoms with van der Waals surface area (Å²) in [7, 11) is 1.89. The third-order valence-corrected chi connectivity index (χ3v) is 5.10. The maximum absolute atomic E-state index is 12.6. The molecule has 0 radical (unpaired) electrons. The van der Waals surface area contributed by atoms with Gasteiger partial charge in [0.2, 0.25) is 0 Å². The van der Waals surface area contributed by atoms with Crippen LogP contribution in [0.25, 0.3) is 0 Å². The first-order valence-corrected chi connectivity index (χ1v) is 8.44. The number of urea groups is 1. The second kappa shape index (κ2) is 5.89. The lowest BCUT2D eigenvalue weighted by atomic mass is 10.0. The largest absolute Gasteiger partial charge is 0.328 e. The monoisotopic (exact) mass is 305 g/mol. The maximum Gasteiger partial charge on any atom is 0.317 e. The molecular formula is C16H27N5O. The lowest BCUT2D eigenvalue weighted by Crippen LogP contribution is -2.46. The van der Waals surface area contributed by atoms with E-state index in [-0.39, 0.29) is 18.0 Å². The maximum atomic E-state index is 12.6. The highest BCUT2D eigenvalue weighted by Crippen LogP contribution is 2.35. The van der Waals surface area contributed by atoms with Gasteiger partial charge in [-0.2, -0.15) is 0 Å². The summed E-state index contributed by atoms with van der Waals surface area (Å²) < 4.78 is 2.18. The first-order valence-electron chi connectivity index (χ1n) is 8.44. The third kappa shape index (κ3) is 2.83. The number of aryl methyl sites for hydroxylation is 1. The smallest absolute Gasteiger partial charge is 0.317 e. The SMILES string of the molecule is CC(C)[C@@H](NC(=O)N(C)[C@H](C)C1CC1)c1nnc2n1CCC2. The molecule has 22 heavy (non-hydrogen) atoms. The van der Waals surface area contributed by atoms with Gasteiger partial charge in [0.15, 0.2) is 5.82 Å². The number of hydrogen-bond acceptors (Lipinski definition) is 3. The zero-order valence-corrected chi connectivity index (χ0v) is 14.0. The Labute approximate surface area is 132 Å². The Kier molecular flexibility index (Phi) is 4.10. The molecular weight excluding hydrogens is 278 g/mol. The summed E-state index contributed by atoms with van der Waals surface area (Å²) in [5, 5.41) is 11.8. The normalized spacial score (nSPS) is 19.9. The Morgan fingerprint density at radius 2 is 2.05 bits per heavy atom. The molecule has 2 heterocycles. The van der Waals surface area contributed by atoms with Crippen molar-refractivity contribution in [1.82, 2.24) is 25.0 Å². The van der Waals surface area contributed by atoms with Gasteiger partial charge in [-0.1, -0.05) is 13.8 Å². The van der Waals surface area contributed by atoms with Gasteiger partial charge < -0.3 is 14.8 Å². The van der Waals surface area contributed by atoms with Crippen molar-refractivity contribution in [3.05, 3.63) is 11.6 Å². The Bertz CT molecular complexity index is 549. The van der Waals surface area contributed by atoms with Crippen molar-refractivity contribution >= 4 is 6.03 Å². The standard InChI is InChI=1S/C16H27N5O/c1-10(2)14(15-19-18-13-6-5-9-21(13)15)17-16(22)20(4)11(3)12-7-8-12/h10-12,14H,5-9H2,1-4H3,(H,17,22)/t11-,14-/m1/s1. The van der Waals surface area contributed by atoms with Gasteiger partial charge in [0, 0.05) is 26.1 Å². The van der Waals surface area contributed by atoms with E-state index >= 15 is 0 Å². The molecule has 1 aliphatic carbocycles. The van der Waals surface area contributed by atoms with Crippen LogP contribution in [0, 0.1) is 11.8 Å².